The maximum Gasteiger partial charge on any atom is 0.160 e. The molecule has 4 aliphatic heterocycles. The highest BCUT2D eigenvalue weighted by atomic mass is 32.2. The molecule has 0 amide bonds. The van der Waals surface area contributed by atoms with Gasteiger partial charge in [0.2, 0.25) is 0 Å². The average molecular weight is 1940 g/mol. The lowest BCUT2D eigenvalue weighted by Gasteiger charge is -2.42. The first-order chi connectivity index (χ1) is 72.9. The van der Waals surface area contributed by atoms with E-state index >= 15 is 0 Å². The fraction of sp³-hybridized carbons (Fsp3) is 0.0376. The van der Waals surface area contributed by atoms with Crippen molar-refractivity contribution in [2.24, 2.45) is 0 Å². The molecule has 28 rings (SSSR count). The van der Waals surface area contributed by atoms with Crippen LogP contribution in [-0.4, -0.2) is 47.9 Å². The number of anilines is 12. The summed E-state index contributed by atoms with van der Waals surface area (Å²) in [5.74, 6) is 4.59. The van der Waals surface area contributed by atoms with Crippen LogP contribution in [0.25, 0.3) is 134 Å². The van der Waals surface area contributed by atoms with E-state index in [1.165, 1.54) is 65.4 Å². The molecule has 0 N–H and O–H groups in total. The standard InChI is InChI=1S/C35H27N3.C34H27N3Si.C32H21N3O.C32H21N3S/c1-35(2)28-15-7-10-18-31(28)38(32-19-11-8-16-29(32)35)26-22-20-25(21-23-26)34-36-30-17-9-6-14-27(30)33(37-34)24-12-4-3-5-13-24;1-38(2)31-18-10-8-16-29(31)37(30-17-9-11-19-32(30)38)26-22-20-25(21-23-26)34-35-28-15-7-6-14-27(28)33(36-34)24-12-4-3-5-13-24;2*1-2-10-22(11-3-1)31-25-12-4-5-13-26(25)33-32(34-31)23-18-20-24(21-19-23)35-27-14-6-8-16-29(27)36-30-17-9-7-15-28(30)35/h2*3-23H,1-2H3;2*1-21H. The molecule has 0 bridgehead atoms. The molecule has 15 heteroatoms. The van der Waals surface area contributed by atoms with E-state index in [4.69, 9.17) is 44.6 Å². The normalized spacial score (nSPS) is 12.9. The number of rotatable bonds is 12. The molecule has 0 aliphatic carbocycles. The van der Waals surface area contributed by atoms with Crippen LogP contribution in [0, 0.1) is 0 Å². The zero-order valence-electron chi connectivity index (χ0n) is 81.7. The number of fused-ring (bicyclic) bond motifs is 12. The highest BCUT2D eigenvalue weighted by molar-refractivity contribution is 7.99. The van der Waals surface area contributed by atoms with Gasteiger partial charge in [0.25, 0.3) is 0 Å². The van der Waals surface area contributed by atoms with Crippen molar-refractivity contribution in [3.8, 4) is 102 Å². The van der Waals surface area contributed by atoms with Crippen molar-refractivity contribution in [2.45, 2.75) is 42.1 Å². The summed E-state index contributed by atoms with van der Waals surface area (Å²) in [4.78, 5) is 51.7. The highest BCUT2D eigenvalue weighted by Gasteiger charge is 2.40. The molecule has 4 aromatic heterocycles. The molecule has 148 heavy (non-hydrogen) atoms. The molecular weight excluding hydrogens is 1840 g/mol. The van der Waals surface area contributed by atoms with Crippen LogP contribution < -0.4 is 34.7 Å². The van der Waals surface area contributed by atoms with E-state index in [9.17, 15) is 0 Å². The maximum atomic E-state index is 6.16. The van der Waals surface area contributed by atoms with E-state index in [-0.39, 0.29) is 5.41 Å². The van der Waals surface area contributed by atoms with Gasteiger partial charge in [0.1, 0.15) is 8.07 Å². The van der Waals surface area contributed by atoms with Gasteiger partial charge < -0.3 is 24.3 Å². The second-order valence-electron chi connectivity index (χ2n) is 38.0. The predicted molar refractivity (Wildman–Crippen MR) is 613 cm³/mol. The van der Waals surface area contributed by atoms with E-state index in [0.29, 0.717) is 5.82 Å². The Morgan fingerprint density at radius 3 is 0.750 bits per heavy atom. The number of nitrogens with zero attached hydrogens (tertiary/aromatic N) is 12. The number of para-hydroxylation sites is 14. The summed E-state index contributed by atoms with van der Waals surface area (Å²) >= 11 is 1.82. The Morgan fingerprint density at radius 1 is 0.203 bits per heavy atom. The van der Waals surface area contributed by atoms with Gasteiger partial charge in [-0.15, -0.1) is 0 Å². The molecule has 4 aliphatic rings. The summed E-state index contributed by atoms with van der Waals surface area (Å²) in [5, 5.41) is 7.16. The summed E-state index contributed by atoms with van der Waals surface area (Å²) in [6, 6.07) is 177. The summed E-state index contributed by atoms with van der Waals surface area (Å²) in [6.07, 6.45) is 0. The van der Waals surface area contributed by atoms with Crippen molar-refractivity contribution in [3.63, 3.8) is 0 Å². The van der Waals surface area contributed by atoms with Crippen LogP contribution >= 0.6 is 11.8 Å². The largest absolute Gasteiger partial charge is 0.453 e. The molecule has 704 valence electrons. The zero-order valence-corrected chi connectivity index (χ0v) is 83.5. The van der Waals surface area contributed by atoms with Gasteiger partial charge in [-0.05, 0) is 216 Å². The number of benzene rings is 20. The molecule has 20 aromatic carbocycles. The van der Waals surface area contributed by atoms with Crippen LogP contribution in [0.3, 0.4) is 0 Å². The zero-order chi connectivity index (χ0) is 99.2. The second kappa shape index (κ2) is 38.9. The molecule has 24 aromatic rings. The van der Waals surface area contributed by atoms with Gasteiger partial charge in [0, 0.05) is 115 Å². The van der Waals surface area contributed by atoms with Crippen LogP contribution in [0.15, 0.2) is 519 Å². The fourth-order valence-electron chi connectivity index (χ4n) is 21.0. The SMILES string of the molecule is CC1(C)c2ccccc2N(c2ccc(-c3nc(-c4ccccc4)c4ccccc4n3)cc2)c2ccccc21.C[Si]1(C)c2ccccc2N(c2ccc(-c3nc(-c4ccccc4)c4ccccc4n3)cc2)c2ccccc21.c1ccc(-c2nc(-c3ccc(N4c5ccccc5Oc5ccccc54)cc3)nc3ccccc23)cc1.c1ccc(-c2nc(-c3ccc(N4c5ccccc5Sc5ccccc54)cc3)nc3ccccc23)cc1. The Hall–Kier alpha value is -18.7. The first kappa shape index (κ1) is 90.6. The van der Waals surface area contributed by atoms with Crippen LogP contribution in [0.4, 0.5) is 68.2 Å². The number of ether oxygens (including phenoxy) is 1. The third kappa shape index (κ3) is 17.0. The minimum Gasteiger partial charge on any atom is -0.453 e. The minimum atomic E-state index is -1.80. The van der Waals surface area contributed by atoms with Crippen LogP contribution in [0.5, 0.6) is 11.5 Å². The summed E-state index contributed by atoms with van der Waals surface area (Å²) in [7, 11) is -1.80. The second-order valence-corrected chi connectivity index (χ2v) is 43.4. The molecule has 0 saturated carbocycles. The van der Waals surface area contributed by atoms with Gasteiger partial charge in [-0.1, -0.05) is 354 Å². The van der Waals surface area contributed by atoms with Crippen molar-refractivity contribution in [3.05, 3.63) is 521 Å². The average Bonchev–Trinajstić information content (AvgIpc) is 0.728. The Bertz CT molecular complexity index is 8410. The summed E-state index contributed by atoms with van der Waals surface area (Å²) in [6.45, 7) is 9.53. The van der Waals surface area contributed by atoms with Crippen LogP contribution in [0.1, 0.15) is 25.0 Å². The first-order valence-corrected chi connectivity index (χ1v) is 53.8. The first-order valence-electron chi connectivity index (χ1n) is 49.9. The molecule has 0 spiro atoms. The van der Waals surface area contributed by atoms with Gasteiger partial charge in [-0.25, -0.2) is 39.9 Å². The van der Waals surface area contributed by atoms with Gasteiger partial charge in [0.15, 0.2) is 34.8 Å². The van der Waals surface area contributed by atoms with Gasteiger partial charge in [-0.2, -0.15) is 0 Å². The van der Waals surface area contributed by atoms with Crippen molar-refractivity contribution >= 4 is 142 Å². The third-order valence-corrected chi connectivity index (χ3v) is 32.9. The van der Waals surface area contributed by atoms with Crippen molar-refractivity contribution in [1.82, 2.24) is 39.9 Å². The Labute approximate surface area is 864 Å². The van der Waals surface area contributed by atoms with E-state index in [0.717, 1.165) is 174 Å². The number of aromatic nitrogens is 8. The van der Waals surface area contributed by atoms with Crippen LogP contribution in [-0.2, 0) is 5.41 Å². The Morgan fingerprint density at radius 2 is 0.432 bits per heavy atom. The lowest BCUT2D eigenvalue weighted by molar-refractivity contribution is 0.477. The lowest BCUT2D eigenvalue weighted by atomic mass is 9.73. The number of hydrogen-bond donors (Lipinski definition) is 0. The van der Waals surface area contributed by atoms with E-state index in [1.807, 2.05) is 151 Å². The molecule has 13 nitrogen and oxygen atoms in total. The molecule has 0 unspecified atom stereocenters. The molecule has 0 fully saturated rings. The Kier molecular flexibility index (Phi) is 23.8. The van der Waals surface area contributed by atoms with Crippen LogP contribution in [0.2, 0.25) is 13.1 Å². The topological polar surface area (TPSA) is 125 Å². The Balaban J connectivity index is 0.000000103. The van der Waals surface area contributed by atoms with Crippen molar-refractivity contribution in [1.29, 1.82) is 0 Å². The van der Waals surface area contributed by atoms with E-state index < -0.39 is 8.07 Å². The third-order valence-electron chi connectivity index (χ3n) is 28.3. The highest BCUT2D eigenvalue weighted by Crippen LogP contribution is 2.56. The van der Waals surface area contributed by atoms with Crippen molar-refractivity contribution in [2.75, 3.05) is 19.6 Å². The molecular formula is C133H96N12OSSi. The molecule has 0 radical (unpaired) electrons. The molecule has 0 atom stereocenters. The molecule has 0 saturated heterocycles. The monoisotopic (exact) mass is 1940 g/mol. The van der Waals surface area contributed by atoms with Gasteiger partial charge >= 0.3 is 0 Å². The van der Waals surface area contributed by atoms with E-state index in [2.05, 4.69) is 417 Å². The fourth-order valence-corrected chi connectivity index (χ4v) is 25.0. The summed E-state index contributed by atoms with van der Waals surface area (Å²) in [5.41, 5.74) is 32.3. The quantitative estimate of drug-likeness (QED) is 0.108. The predicted octanol–water partition coefficient (Wildman–Crippen LogP) is 34.1. The van der Waals surface area contributed by atoms with Crippen molar-refractivity contribution < 1.29 is 4.74 Å². The van der Waals surface area contributed by atoms with Gasteiger partial charge in [-0.3, -0.25) is 0 Å². The van der Waals surface area contributed by atoms with E-state index in [1.54, 1.807) is 0 Å². The maximum absolute atomic E-state index is 6.16. The lowest BCUT2D eigenvalue weighted by Crippen LogP contribution is -2.58. The number of hydrogen-bond acceptors (Lipinski definition) is 14. The van der Waals surface area contributed by atoms with Gasteiger partial charge in [0.05, 0.1) is 79.0 Å². The molecule has 8 heterocycles. The smallest absolute Gasteiger partial charge is 0.160 e. The minimum absolute atomic E-state index is 0.0730. The summed E-state index contributed by atoms with van der Waals surface area (Å²) < 4.78 is 6.16.